The van der Waals surface area contributed by atoms with Crippen molar-refractivity contribution in [3.8, 4) is 5.75 Å². The van der Waals surface area contributed by atoms with Crippen LogP contribution in [0.1, 0.15) is 6.92 Å². The molecule has 2 N–H and O–H groups in total. The highest BCUT2D eigenvalue weighted by Gasteiger charge is 1.96. The number of benzene rings is 1. The lowest BCUT2D eigenvalue weighted by molar-refractivity contribution is 0.296. The third-order valence-corrected chi connectivity index (χ3v) is 1.33. The van der Waals surface area contributed by atoms with Crippen LogP contribution in [0.5, 0.6) is 5.75 Å². The zero-order valence-electron chi connectivity index (χ0n) is 6.96. The van der Waals surface area contributed by atoms with Gasteiger partial charge < -0.3 is 10.5 Å². The second-order valence-electron chi connectivity index (χ2n) is 2.74. The SMILES string of the molecule is C[C@H](N)COc1ccc(F)cc1. The first-order chi connectivity index (χ1) is 5.68. The van der Waals surface area contributed by atoms with Gasteiger partial charge in [-0.2, -0.15) is 0 Å². The van der Waals surface area contributed by atoms with E-state index < -0.39 is 0 Å². The molecule has 12 heavy (non-hydrogen) atoms. The van der Waals surface area contributed by atoms with E-state index in [4.69, 9.17) is 10.5 Å². The zero-order chi connectivity index (χ0) is 8.97. The van der Waals surface area contributed by atoms with Gasteiger partial charge in [0.1, 0.15) is 18.2 Å². The lowest BCUT2D eigenvalue weighted by Gasteiger charge is -2.07. The van der Waals surface area contributed by atoms with Gasteiger partial charge in [-0.1, -0.05) is 0 Å². The van der Waals surface area contributed by atoms with Crippen LogP contribution in [0, 0.1) is 5.82 Å². The monoisotopic (exact) mass is 169 g/mol. The van der Waals surface area contributed by atoms with Crippen LogP contribution in [0.2, 0.25) is 0 Å². The first-order valence-corrected chi connectivity index (χ1v) is 3.82. The Morgan fingerprint density at radius 2 is 2.00 bits per heavy atom. The Labute approximate surface area is 71.1 Å². The molecule has 0 aliphatic carbocycles. The minimum absolute atomic E-state index is 0.00458. The number of ether oxygens (including phenoxy) is 1. The van der Waals surface area contributed by atoms with Crippen LogP contribution >= 0.6 is 0 Å². The van der Waals surface area contributed by atoms with Crippen molar-refractivity contribution in [2.45, 2.75) is 13.0 Å². The minimum atomic E-state index is -0.261. The van der Waals surface area contributed by atoms with E-state index in [0.717, 1.165) is 0 Å². The summed E-state index contributed by atoms with van der Waals surface area (Å²) in [6.45, 7) is 2.30. The summed E-state index contributed by atoms with van der Waals surface area (Å²) in [5.74, 6) is 0.386. The van der Waals surface area contributed by atoms with Gasteiger partial charge in [0.25, 0.3) is 0 Å². The maximum Gasteiger partial charge on any atom is 0.123 e. The van der Waals surface area contributed by atoms with Gasteiger partial charge >= 0.3 is 0 Å². The molecule has 0 aliphatic rings. The Kier molecular flexibility index (Phi) is 3.05. The lowest BCUT2D eigenvalue weighted by Crippen LogP contribution is -2.23. The molecular formula is C9H12FNO. The van der Waals surface area contributed by atoms with Crippen molar-refractivity contribution >= 4 is 0 Å². The fourth-order valence-corrected chi connectivity index (χ4v) is 0.758. The molecule has 0 radical (unpaired) electrons. The maximum absolute atomic E-state index is 12.4. The molecule has 1 rings (SSSR count). The average molecular weight is 169 g/mol. The summed E-state index contributed by atoms with van der Waals surface area (Å²) in [7, 11) is 0. The number of hydrogen-bond acceptors (Lipinski definition) is 2. The zero-order valence-corrected chi connectivity index (χ0v) is 6.96. The topological polar surface area (TPSA) is 35.2 Å². The summed E-state index contributed by atoms with van der Waals surface area (Å²) in [5.41, 5.74) is 5.47. The van der Waals surface area contributed by atoms with E-state index in [9.17, 15) is 4.39 Å². The molecular weight excluding hydrogens is 157 g/mol. The summed E-state index contributed by atoms with van der Waals surface area (Å²) in [5, 5.41) is 0. The van der Waals surface area contributed by atoms with E-state index >= 15 is 0 Å². The molecule has 0 aromatic heterocycles. The quantitative estimate of drug-likeness (QED) is 0.745. The van der Waals surface area contributed by atoms with Crippen molar-refractivity contribution in [2.75, 3.05) is 6.61 Å². The van der Waals surface area contributed by atoms with Gasteiger partial charge in [0.15, 0.2) is 0 Å². The van der Waals surface area contributed by atoms with Crippen LogP contribution in [-0.4, -0.2) is 12.6 Å². The second-order valence-corrected chi connectivity index (χ2v) is 2.74. The molecule has 1 atom stereocenters. The van der Waals surface area contributed by atoms with Crippen molar-refractivity contribution in [1.29, 1.82) is 0 Å². The van der Waals surface area contributed by atoms with Gasteiger partial charge in [-0.05, 0) is 31.2 Å². The molecule has 0 spiro atoms. The highest BCUT2D eigenvalue weighted by atomic mass is 19.1. The first kappa shape index (κ1) is 9.00. The number of hydrogen-bond donors (Lipinski definition) is 1. The van der Waals surface area contributed by atoms with Crippen molar-refractivity contribution < 1.29 is 9.13 Å². The summed E-state index contributed by atoms with van der Waals surface area (Å²) >= 11 is 0. The van der Waals surface area contributed by atoms with Crippen molar-refractivity contribution in [1.82, 2.24) is 0 Å². The average Bonchev–Trinajstić information content (AvgIpc) is 2.03. The van der Waals surface area contributed by atoms with E-state index in [-0.39, 0.29) is 11.9 Å². The van der Waals surface area contributed by atoms with E-state index in [1.165, 1.54) is 12.1 Å². The summed E-state index contributed by atoms with van der Waals surface area (Å²) in [4.78, 5) is 0. The molecule has 0 aliphatic heterocycles. The van der Waals surface area contributed by atoms with E-state index in [1.807, 2.05) is 6.92 Å². The Bertz CT molecular complexity index is 233. The molecule has 0 amide bonds. The Morgan fingerprint density at radius 3 is 2.50 bits per heavy atom. The summed E-state index contributed by atoms with van der Waals surface area (Å²) < 4.78 is 17.6. The fraction of sp³-hybridized carbons (Fsp3) is 0.333. The molecule has 0 saturated heterocycles. The number of halogens is 1. The summed E-state index contributed by atoms with van der Waals surface area (Å²) in [6, 6.07) is 5.87. The van der Waals surface area contributed by atoms with E-state index in [1.54, 1.807) is 12.1 Å². The van der Waals surface area contributed by atoms with Crippen LogP contribution in [0.15, 0.2) is 24.3 Å². The van der Waals surface area contributed by atoms with E-state index in [0.29, 0.717) is 12.4 Å². The molecule has 1 aromatic carbocycles. The van der Waals surface area contributed by atoms with Gasteiger partial charge in [0.2, 0.25) is 0 Å². The number of rotatable bonds is 3. The fourth-order valence-electron chi connectivity index (χ4n) is 0.758. The van der Waals surface area contributed by atoms with Crippen molar-refractivity contribution in [3.05, 3.63) is 30.1 Å². The Hall–Kier alpha value is -1.09. The normalized spacial score (nSPS) is 12.6. The van der Waals surface area contributed by atoms with Crippen LogP contribution in [-0.2, 0) is 0 Å². The lowest BCUT2D eigenvalue weighted by atomic mass is 10.3. The number of nitrogens with two attached hydrogens (primary N) is 1. The molecule has 0 bridgehead atoms. The molecule has 0 fully saturated rings. The molecule has 1 aromatic rings. The van der Waals surface area contributed by atoms with Crippen molar-refractivity contribution in [3.63, 3.8) is 0 Å². The highest BCUT2D eigenvalue weighted by molar-refractivity contribution is 5.21. The molecule has 0 heterocycles. The molecule has 66 valence electrons. The minimum Gasteiger partial charge on any atom is -0.492 e. The van der Waals surface area contributed by atoms with Gasteiger partial charge in [0.05, 0.1) is 0 Å². The standard InChI is InChI=1S/C9H12FNO/c1-7(11)6-12-9-4-2-8(10)3-5-9/h2-5,7H,6,11H2,1H3/t7-/m0/s1. The van der Waals surface area contributed by atoms with Crippen LogP contribution in [0.3, 0.4) is 0 Å². The van der Waals surface area contributed by atoms with Gasteiger partial charge in [-0.25, -0.2) is 4.39 Å². The largest absolute Gasteiger partial charge is 0.492 e. The van der Waals surface area contributed by atoms with Crippen LogP contribution < -0.4 is 10.5 Å². The van der Waals surface area contributed by atoms with Gasteiger partial charge in [-0.3, -0.25) is 0 Å². The Morgan fingerprint density at radius 1 is 1.42 bits per heavy atom. The Balaban J connectivity index is 2.48. The second kappa shape index (κ2) is 4.07. The van der Waals surface area contributed by atoms with Gasteiger partial charge in [0, 0.05) is 6.04 Å². The smallest absolute Gasteiger partial charge is 0.123 e. The van der Waals surface area contributed by atoms with E-state index in [2.05, 4.69) is 0 Å². The summed E-state index contributed by atoms with van der Waals surface area (Å²) in [6.07, 6.45) is 0. The molecule has 3 heteroatoms. The molecule has 0 unspecified atom stereocenters. The van der Waals surface area contributed by atoms with Crippen molar-refractivity contribution in [2.24, 2.45) is 5.73 Å². The first-order valence-electron chi connectivity index (χ1n) is 3.82. The third kappa shape index (κ3) is 2.88. The molecule has 0 saturated carbocycles. The molecule has 2 nitrogen and oxygen atoms in total. The van der Waals surface area contributed by atoms with Crippen LogP contribution in [0.4, 0.5) is 4.39 Å². The maximum atomic E-state index is 12.4. The predicted octanol–water partition coefficient (Wildman–Crippen LogP) is 1.55. The van der Waals surface area contributed by atoms with Crippen LogP contribution in [0.25, 0.3) is 0 Å². The predicted molar refractivity (Wildman–Crippen MR) is 45.5 cm³/mol. The highest BCUT2D eigenvalue weighted by Crippen LogP contribution is 2.10. The van der Waals surface area contributed by atoms with Gasteiger partial charge in [-0.15, -0.1) is 0 Å². The third-order valence-electron chi connectivity index (χ3n) is 1.33.